The smallest absolute Gasteiger partial charge is 0.325 e. The summed E-state index contributed by atoms with van der Waals surface area (Å²) in [6.07, 6.45) is -0.756. The highest BCUT2D eigenvalue weighted by atomic mass is 16.3. The molecule has 2 saturated heterocycles. The Hall–Kier alpha value is -1.22. The van der Waals surface area contributed by atoms with Crippen LogP contribution < -0.4 is 5.32 Å². The van der Waals surface area contributed by atoms with Crippen LogP contribution in [0.25, 0.3) is 0 Å². The highest BCUT2D eigenvalue weighted by molar-refractivity contribution is 6.06. The van der Waals surface area contributed by atoms with Crippen molar-refractivity contribution < 1.29 is 19.8 Å². The van der Waals surface area contributed by atoms with Gasteiger partial charge in [-0.25, -0.2) is 4.79 Å². The quantitative estimate of drug-likeness (QED) is 0.505. The average Bonchev–Trinajstić information content (AvgIpc) is 2.63. The van der Waals surface area contributed by atoms with E-state index in [0.29, 0.717) is 13.1 Å². The fourth-order valence-electron chi connectivity index (χ4n) is 2.89. The molecule has 2 rings (SSSR count). The normalized spacial score (nSPS) is 24.6. The molecule has 2 aliphatic heterocycles. The molecule has 0 aromatic heterocycles. The molecule has 2 heterocycles. The van der Waals surface area contributed by atoms with Crippen LogP contribution in [0, 0.1) is 0 Å². The third-order valence-corrected chi connectivity index (χ3v) is 4.19. The Labute approximate surface area is 130 Å². The monoisotopic (exact) mass is 314 g/mol. The third-order valence-electron chi connectivity index (χ3n) is 4.19. The molecule has 0 unspecified atom stereocenters. The number of aliphatic hydroxyl groups excluding tert-OH is 2. The highest BCUT2D eigenvalue weighted by Crippen LogP contribution is 2.17. The summed E-state index contributed by atoms with van der Waals surface area (Å²) in [6.45, 7) is 7.91. The standard InChI is InChI=1S/C14H26N4O4/c1-14(2)12(21)18(13(22)15-14)10-11(20)9-17-5-3-16(4-6-17)7-8-19/h11,19-20H,3-10H2,1-2H3,(H,15,22)/t11-/m0/s1. The van der Waals surface area contributed by atoms with E-state index in [0.717, 1.165) is 31.1 Å². The Morgan fingerprint density at radius 2 is 1.73 bits per heavy atom. The molecule has 8 heteroatoms. The topological polar surface area (TPSA) is 96.4 Å². The first-order chi connectivity index (χ1) is 10.3. The van der Waals surface area contributed by atoms with E-state index in [1.165, 1.54) is 0 Å². The first-order valence-electron chi connectivity index (χ1n) is 7.71. The Bertz CT molecular complexity index is 421. The van der Waals surface area contributed by atoms with Crippen LogP contribution in [0.3, 0.4) is 0 Å². The molecule has 126 valence electrons. The lowest BCUT2D eigenvalue weighted by Gasteiger charge is -2.35. The zero-order chi connectivity index (χ0) is 16.3. The maximum atomic E-state index is 12.1. The number of amides is 3. The minimum Gasteiger partial charge on any atom is -0.395 e. The molecule has 2 fully saturated rings. The van der Waals surface area contributed by atoms with Crippen molar-refractivity contribution in [1.82, 2.24) is 20.0 Å². The van der Waals surface area contributed by atoms with Crippen molar-refractivity contribution in [2.75, 3.05) is 52.4 Å². The van der Waals surface area contributed by atoms with Gasteiger partial charge in [-0.05, 0) is 13.8 Å². The molecule has 0 radical (unpaired) electrons. The van der Waals surface area contributed by atoms with Gasteiger partial charge in [-0.15, -0.1) is 0 Å². The van der Waals surface area contributed by atoms with E-state index in [1.807, 2.05) is 0 Å². The number of imide groups is 1. The van der Waals surface area contributed by atoms with Crippen molar-refractivity contribution in [2.45, 2.75) is 25.5 Å². The number of carbonyl (C=O) groups is 2. The van der Waals surface area contributed by atoms with Gasteiger partial charge >= 0.3 is 6.03 Å². The van der Waals surface area contributed by atoms with E-state index in [2.05, 4.69) is 15.1 Å². The summed E-state index contributed by atoms with van der Waals surface area (Å²) in [5.74, 6) is -0.302. The molecule has 0 bridgehead atoms. The first kappa shape index (κ1) is 17.1. The molecule has 3 amide bonds. The maximum absolute atomic E-state index is 12.1. The van der Waals surface area contributed by atoms with Gasteiger partial charge < -0.3 is 15.5 Å². The van der Waals surface area contributed by atoms with Crippen LogP contribution in [0.4, 0.5) is 4.79 Å². The number of aliphatic hydroxyl groups is 2. The summed E-state index contributed by atoms with van der Waals surface area (Å²) >= 11 is 0. The zero-order valence-electron chi connectivity index (χ0n) is 13.3. The minimum absolute atomic E-state index is 0.0188. The molecule has 0 aromatic rings. The molecular formula is C14H26N4O4. The van der Waals surface area contributed by atoms with Crippen LogP contribution in [-0.2, 0) is 4.79 Å². The van der Waals surface area contributed by atoms with E-state index in [-0.39, 0.29) is 19.1 Å². The lowest BCUT2D eigenvalue weighted by atomic mass is 10.1. The first-order valence-corrected chi connectivity index (χ1v) is 7.71. The number of hydrogen-bond acceptors (Lipinski definition) is 6. The second-order valence-corrected chi connectivity index (χ2v) is 6.49. The number of hydrogen-bond donors (Lipinski definition) is 3. The average molecular weight is 314 g/mol. The van der Waals surface area contributed by atoms with Gasteiger partial charge in [-0.1, -0.05) is 0 Å². The molecule has 0 aliphatic carbocycles. The molecule has 1 atom stereocenters. The molecular weight excluding hydrogens is 288 g/mol. The summed E-state index contributed by atoms with van der Waals surface area (Å²) in [6, 6.07) is -0.443. The Morgan fingerprint density at radius 1 is 1.14 bits per heavy atom. The number of β-amino-alcohol motifs (C(OH)–C–C–N with tert-alkyl or cyclic N) is 2. The van der Waals surface area contributed by atoms with E-state index in [9.17, 15) is 14.7 Å². The molecule has 8 nitrogen and oxygen atoms in total. The van der Waals surface area contributed by atoms with Crippen molar-refractivity contribution in [1.29, 1.82) is 0 Å². The second-order valence-electron chi connectivity index (χ2n) is 6.49. The summed E-state index contributed by atoms with van der Waals surface area (Å²) in [5, 5.41) is 21.7. The van der Waals surface area contributed by atoms with Crippen LogP contribution in [0.1, 0.15) is 13.8 Å². The molecule has 0 saturated carbocycles. The van der Waals surface area contributed by atoms with Crippen LogP contribution in [0.5, 0.6) is 0 Å². The van der Waals surface area contributed by atoms with Crippen LogP contribution >= 0.6 is 0 Å². The van der Waals surface area contributed by atoms with Gasteiger partial charge in [0.2, 0.25) is 0 Å². The minimum atomic E-state index is -0.896. The van der Waals surface area contributed by atoms with E-state index < -0.39 is 17.7 Å². The lowest BCUT2D eigenvalue weighted by molar-refractivity contribution is -0.131. The summed E-state index contributed by atoms with van der Waals surface area (Å²) in [4.78, 5) is 29.2. The molecule has 3 N–H and O–H groups in total. The zero-order valence-corrected chi connectivity index (χ0v) is 13.3. The number of carbonyl (C=O) groups excluding carboxylic acids is 2. The fourth-order valence-corrected chi connectivity index (χ4v) is 2.89. The summed E-state index contributed by atoms with van der Waals surface area (Å²) < 4.78 is 0. The van der Waals surface area contributed by atoms with Gasteiger partial charge in [0, 0.05) is 39.3 Å². The van der Waals surface area contributed by atoms with Crippen molar-refractivity contribution in [3.63, 3.8) is 0 Å². The Kier molecular flexibility index (Phi) is 5.38. The number of nitrogens with one attached hydrogen (secondary N) is 1. The van der Waals surface area contributed by atoms with Crippen LogP contribution in [0.15, 0.2) is 0 Å². The lowest BCUT2D eigenvalue weighted by Crippen LogP contribution is -2.51. The summed E-state index contributed by atoms with van der Waals surface area (Å²) in [5.41, 5.74) is -0.896. The molecule has 0 aromatic carbocycles. The van der Waals surface area contributed by atoms with Gasteiger partial charge in [0.25, 0.3) is 5.91 Å². The van der Waals surface area contributed by atoms with Crippen molar-refractivity contribution >= 4 is 11.9 Å². The van der Waals surface area contributed by atoms with Gasteiger partial charge in [-0.2, -0.15) is 0 Å². The van der Waals surface area contributed by atoms with Crippen molar-refractivity contribution in [3.8, 4) is 0 Å². The van der Waals surface area contributed by atoms with Gasteiger partial charge in [0.05, 0.1) is 19.3 Å². The van der Waals surface area contributed by atoms with Gasteiger partial charge in [0.15, 0.2) is 0 Å². The fraction of sp³-hybridized carbons (Fsp3) is 0.857. The number of rotatable bonds is 6. The van der Waals surface area contributed by atoms with Gasteiger partial charge in [-0.3, -0.25) is 19.5 Å². The number of piperazine rings is 1. The maximum Gasteiger partial charge on any atom is 0.325 e. The van der Waals surface area contributed by atoms with E-state index in [4.69, 9.17) is 5.11 Å². The predicted molar refractivity (Wildman–Crippen MR) is 80.3 cm³/mol. The van der Waals surface area contributed by atoms with Gasteiger partial charge in [0.1, 0.15) is 5.54 Å². The van der Waals surface area contributed by atoms with Crippen molar-refractivity contribution in [2.24, 2.45) is 0 Å². The molecule has 2 aliphatic rings. The van der Waals surface area contributed by atoms with E-state index in [1.54, 1.807) is 13.8 Å². The Morgan fingerprint density at radius 3 is 2.23 bits per heavy atom. The van der Waals surface area contributed by atoms with Crippen molar-refractivity contribution in [3.05, 3.63) is 0 Å². The highest BCUT2D eigenvalue weighted by Gasteiger charge is 2.44. The van der Waals surface area contributed by atoms with Crippen LogP contribution in [0.2, 0.25) is 0 Å². The Balaban J connectivity index is 1.78. The largest absolute Gasteiger partial charge is 0.395 e. The number of urea groups is 1. The summed E-state index contributed by atoms with van der Waals surface area (Å²) in [7, 11) is 0. The van der Waals surface area contributed by atoms with Crippen LogP contribution in [-0.4, -0.2) is 101 Å². The molecule has 0 spiro atoms. The number of nitrogens with zero attached hydrogens (tertiary/aromatic N) is 3. The molecule has 22 heavy (non-hydrogen) atoms. The van der Waals surface area contributed by atoms with E-state index >= 15 is 0 Å². The third kappa shape index (κ3) is 3.95. The second kappa shape index (κ2) is 6.91. The predicted octanol–water partition coefficient (Wildman–Crippen LogP) is -1.71. The SMILES string of the molecule is CC1(C)NC(=O)N(C[C@@H](O)CN2CCN(CCO)CC2)C1=O.